The number of likely N-dealkylation sites (tertiary alicyclic amines) is 1. The Morgan fingerprint density at radius 1 is 1.25 bits per heavy atom. The van der Waals surface area contributed by atoms with E-state index in [9.17, 15) is 14.0 Å². The van der Waals surface area contributed by atoms with Crippen LogP contribution in [-0.2, 0) is 9.53 Å². The largest absolute Gasteiger partial charge is 0.465 e. The van der Waals surface area contributed by atoms with Gasteiger partial charge >= 0.3 is 5.97 Å². The summed E-state index contributed by atoms with van der Waals surface area (Å²) in [5, 5.41) is 6.77. The average molecular weight is 438 g/mol. The van der Waals surface area contributed by atoms with Gasteiger partial charge in [0.05, 0.1) is 30.8 Å². The molecule has 1 fully saturated rings. The highest BCUT2D eigenvalue weighted by molar-refractivity contribution is 6.01. The highest BCUT2D eigenvalue weighted by Crippen LogP contribution is 2.28. The zero-order chi connectivity index (χ0) is 22.5. The quantitative estimate of drug-likeness (QED) is 0.589. The fourth-order valence-corrected chi connectivity index (χ4v) is 3.82. The number of anilines is 1. The molecule has 1 aliphatic heterocycles. The number of piperidine rings is 1. The summed E-state index contributed by atoms with van der Waals surface area (Å²) in [6.07, 6.45) is 1.72. The number of hydrogen-bond donors (Lipinski definition) is 1. The number of amides is 1. The molecule has 2 heterocycles. The minimum atomic E-state index is -0.510. The maximum Gasteiger partial charge on any atom is 0.339 e. The van der Waals surface area contributed by atoms with Crippen molar-refractivity contribution >= 4 is 17.6 Å². The van der Waals surface area contributed by atoms with Gasteiger partial charge < -0.3 is 14.6 Å². The number of nitrogens with one attached hydrogen (secondary N) is 1. The summed E-state index contributed by atoms with van der Waals surface area (Å²) in [5.41, 5.74) is 1.27. The molecular weight excluding hydrogens is 415 g/mol. The van der Waals surface area contributed by atoms with Crippen molar-refractivity contribution in [2.45, 2.75) is 18.8 Å². The molecule has 0 saturated carbocycles. The third-order valence-electron chi connectivity index (χ3n) is 5.35. The van der Waals surface area contributed by atoms with Crippen molar-refractivity contribution in [3.63, 3.8) is 0 Å². The van der Waals surface area contributed by atoms with Gasteiger partial charge in [0, 0.05) is 12.1 Å². The van der Waals surface area contributed by atoms with Gasteiger partial charge in [0.25, 0.3) is 0 Å². The monoisotopic (exact) mass is 438 g/mol. The Hall–Kier alpha value is -3.59. The number of ether oxygens (including phenoxy) is 1. The summed E-state index contributed by atoms with van der Waals surface area (Å²) in [6.45, 7) is 1.50. The van der Waals surface area contributed by atoms with Gasteiger partial charge in [0.15, 0.2) is 0 Å². The molecule has 0 bridgehead atoms. The Morgan fingerprint density at radius 2 is 2.09 bits per heavy atom. The molecule has 1 unspecified atom stereocenters. The number of hydrogen-bond acceptors (Lipinski definition) is 7. The van der Waals surface area contributed by atoms with E-state index in [4.69, 9.17) is 9.26 Å². The Bertz CT molecular complexity index is 1120. The van der Waals surface area contributed by atoms with Gasteiger partial charge in [-0.3, -0.25) is 9.69 Å². The number of esters is 1. The summed E-state index contributed by atoms with van der Waals surface area (Å²) < 4.78 is 23.7. The van der Waals surface area contributed by atoms with Crippen LogP contribution < -0.4 is 5.32 Å². The minimum Gasteiger partial charge on any atom is -0.465 e. The van der Waals surface area contributed by atoms with E-state index in [1.54, 1.807) is 36.4 Å². The van der Waals surface area contributed by atoms with E-state index in [1.165, 1.54) is 19.2 Å². The van der Waals surface area contributed by atoms with Crippen LogP contribution in [0.3, 0.4) is 0 Å². The summed E-state index contributed by atoms with van der Waals surface area (Å²) in [7, 11) is 1.30. The Morgan fingerprint density at radius 3 is 2.91 bits per heavy atom. The zero-order valence-electron chi connectivity index (χ0n) is 17.6. The molecule has 32 heavy (non-hydrogen) atoms. The average Bonchev–Trinajstić information content (AvgIpc) is 3.29. The number of methoxy groups -OCH3 is 1. The maximum atomic E-state index is 13.5. The van der Waals surface area contributed by atoms with Crippen molar-refractivity contribution in [2.24, 2.45) is 0 Å². The van der Waals surface area contributed by atoms with Crippen molar-refractivity contribution in [1.29, 1.82) is 0 Å². The lowest BCUT2D eigenvalue weighted by atomic mass is 9.98. The van der Waals surface area contributed by atoms with Gasteiger partial charge in [-0.2, -0.15) is 4.98 Å². The van der Waals surface area contributed by atoms with Gasteiger partial charge in [-0.05, 0) is 43.7 Å². The third kappa shape index (κ3) is 5.00. The van der Waals surface area contributed by atoms with E-state index in [-0.39, 0.29) is 24.2 Å². The fraction of sp³-hybridized carbons (Fsp3) is 0.304. The molecule has 1 saturated heterocycles. The van der Waals surface area contributed by atoms with Gasteiger partial charge in [-0.1, -0.05) is 29.4 Å². The molecular formula is C23H23FN4O4. The molecule has 1 N–H and O–H groups in total. The number of benzene rings is 2. The lowest BCUT2D eigenvalue weighted by Crippen LogP contribution is -2.40. The lowest BCUT2D eigenvalue weighted by molar-refractivity contribution is -0.117. The van der Waals surface area contributed by atoms with Crippen LogP contribution in [0.15, 0.2) is 53.1 Å². The standard InChI is InChI=1S/C23H23FN4O4/c1-31-23(30)18-9-2-3-10-19(18)25-20(29)14-28-11-5-7-16(13-28)22-26-21(27-32-22)15-6-4-8-17(24)12-15/h2-4,6,8-10,12,16H,5,7,11,13-14H2,1H3,(H,25,29). The van der Waals surface area contributed by atoms with Crippen molar-refractivity contribution in [3.05, 3.63) is 65.8 Å². The third-order valence-corrected chi connectivity index (χ3v) is 5.35. The van der Waals surface area contributed by atoms with E-state index in [1.807, 2.05) is 4.90 Å². The molecule has 166 valence electrons. The first-order chi connectivity index (χ1) is 15.5. The number of rotatable bonds is 6. The van der Waals surface area contributed by atoms with Gasteiger partial charge in [-0.25, -0.2) is 9.18 Å². The number of para-hydroxylation sites is 1. The van der Waals surface area contributed by atoms with Crippen LogP contribution in [0, 0.1) is 5.82 Å². The van der Waals surface area contributed by atoms with Gasteiger partial charge in [0.1, 0.15) is 5.82 Å². The summed E-state index contributed by atoms with van der Waals surface area (Å²) >= 11 is 0. The molecule has 1 amide bonds. The van der Waals surface area contributed by atoms with Crippen molar-refractivity contribution in [1.82, 2.24) is 15.0 Å². The van der Waals surface area contributed by atoms with Crippen LogP contribution in [0.4, 0.5) is 10.1 Å². The fourth-order valence-electron chi connectivity index (χ4n) is 3.82. The highest BCUT2D eigenvalue weighted by Gasteiger charge is 2.27. The lowest BCUT2D eigenvalue weighted by Gasteiger charge is -2.30. The summed E-state index contributed by atoms with van der Waals surface area (Å²) in [6, 6.07) is 12.8. The Balaban J connectivity index is 1.39. The maximum absolute atomic E-state index is 13.5. The molecule has 3 aromatic rings. The highest BCUT2D eigenvalue weighted by atomic mass is 19.1. The first-order valence-electron chi connectivity index (χ1n) is 10.3. The second-order valence-electron chi connectivity index (χ2n) is 7.63. The zero-order valence-corrected chi connectivity index (χ0v) is 17.6. The molecule has 2 aromatic carbocycles. The SMILES string of the molecule is COC(=O)c1ccccc1NC(=O)CN1CCCC(c2nc(-c3cccc(F)c3)no2)C1. The summed E-state index contributed by atoms with van der Waals surface area (Å²) in [4.78, 5) is 31.0. The second kappa shape index (κ2) is 9.69. The molecule has 0 radical (unpaired) electrons. The Labute approximate surface area is 184 Å². The molecule has 4 rings (SSSR count). The smallest absolute Gasteiger partial charge is 0.339 e. The Kier molecular flexibility index (Phi) is 6.55. The van der Waals surface area contributed by atoms with Crippen LogP contribution in [0.2, 0.25) is 0 Å². The molecule has 1 aliphatic rings. The van der Waals surface area contributed by atoms with Crippen LogP contribution in [-0.4, -0.2) is 53.7 Å². The van der Waals surface area contributed by atoms with Crippen molar-refractivity contribution < 1.29 is 23.2 Å². The number of nitrogens with zero attached hydrogens (tertiary/aromatic N) is 3. The first kappa shape index (κ1) is 21.6. The van der Waals surface area contributed by atoms with Gasteiger partial charge in [-0.15, -0.1) is 0 Å². The van der Waals surface area contributed by atoms with E-state index < -0.39 is 5.97 Å². The molecule has 1 atom stereocenters. The van der Waals surface area contributed by atoms with Crippen LogP contribution in [0.25, 0.3) is 11.4 Å². The number of carbonyl (C=O) groups excluding carboxylic acids is 2. The molecule has 8 nitrogen and oxygen atoms in total. The molecule has 1 aromatic heterocycles. The van der Waals surface area contributed by atoms with Crippen molar-refractivity contribution in [2.75, 3.05) is 32.1 Å². The van der Waals surface area contributed by atoms with Crippen LogP contribution in [0.5, 0.6) is 0 Å². The van der Waals surface area contributed by atoms with Gasteiger partial charge in [0.2, 0.25) is 17.6 Å². The van der Waals surface area contributed by atoms with E-state index >= 15 is 0 Å². The number of aromatic nitrogens is 2. The second-order valence-corrected chi connectivity index (χ2v) is 7.63. The molecule has 9 heteroatoms. The molecule has 0 spiro atoms. The van der Waals surface area contributed by atoms with Crippen LogP contribution in [0.1, 0.15) is 35.0 Å². The topological polar surface area (TPSA) is 97.6 Å². The summed E-state index contributed by atoms with van der Waals surface area (Å²) in [5.74, 6) is -0.303. The molecule has 0 aliphatic carbocycles. The minimum absolute atomic E-state index is 0.0197. The van der Waals surface area contributed by atoms with E-state index in [2.05, 4.69) is 15.5 Å². The van der Waals surface area contributed by atoms with Crippen LogP contribution >= 0.6 is 0 Å². The predicted octanol–water partition coefficient (Wildman–Crippen LogP) is 3.48. The van der Waals surface area contributed by atoms with Crippen molar-refractivity contribution in [3.8, 4) is 11.4 Å². The first-order valence-corrected chi connectivity index (χ1v) is 10.3. The number of carbonyl (C=O) groups is 2. The van der Waals surface area contributed by atoms with E-state index in [0.29, 0.717) is 35.1 Å². The normalized spacial score (nSPS) is 16.5. The van der Waals surface area contributed by atoms with E-state index in [0.717, 1.165) is 19.4 Å². The predicted molar refractivity (Wildman–Crippen MR) is 115 cm³/mol. The number of halogens is 1.